The number of nitrogens with zero attached hydrogens (tertiary/aromatic N) is 6. The fourth-order valence-corrected chi connectivity index (χ4v) is 3.86. The number of tetrazole rings is 1. The lowest BCUT2D eigenvalue weighted by Gasteiger charge is -2.32. The fourth-order valence-electron chi connectivity index (χ4n) is 3.86. The fraction of sp³-hybridized carbons (Fsp3) is 0.450. The number of carbonyl (C=O) groups is 1. The van der Waals surface area contributed by atoms with Crippen LogP contribution in [0.25, 0.3) is 0 Å². The maximum Gasteiger partial charge on any atom is 0.253 e. The Balaban J connectivity index is 1.44. The van der Waals surface area contributed by atoms with E-state index in [0.717, 1.165) is 49.3 Å². The first-order chi connectivity index (χ1) is 13.7. The zero-order valence-corrected chi connectivity index (χ0v) is 16.3. The number of aromatic nitrogens is 6. The van der Waals surface area contributed by atoms with Gasteiger partial charge in [-0.05, 0) is 59.9 Å². The van der Waals surface area contributed by atoms with Gasteiger partial charge < -0.3 is 4.90 Å². The van der Waals surface area contributed by atoms with Crippen molar-refractivity contribution in [2.45, 2.75) is 45.6 Å². The van der Waals surface area contributed by atoms with Crippen LogP contribution in [0, 0.1) is 6.92 Å². The van der Waals surface area contributed by atoms with Gasteiger partial charge in [-0.1, -0.05) is 19.1 Å². The Morgan fingerprint density at radius 2 is 2.11 bits per heavy atom. The third kappa shape index (κ3) is 3.67. The van der Waals surface area contributed by atoms with E-state index in [-0.39, 0.29) is 5.91 Å². The summed E-state index contributed by atoms with van der Waals surface area (Å²) in [5.41, 5.74) is 4.22. The van der Waals surface area contributed by atoms with Crippen LogP contribution in [0.4, 0.5) is 0 Å². The second-order valence-electron chi connectivity index (χ2n) is 7.33. The van der Waals surface area contributed by atoms with Crippen LogP contribution >= 0.6 is 0 Å². The lowest BCUT2D eigenvalue weighted by Crippen LogP contribution is -2.39. The molecule has 0 radical (unpaired) electrons. The monoisotopic (exact) mass is 379 g/mol. The molecule has 1 aromatic carbocycles. The van der Waals surface area contributed by atoms with E-state index in [0.29, 0.717) is 12.5 Å². The predicted molar refractivity (Wildman–Crippen MR) is 104 cm³/mol. The standard InChI is InChI=1S/C20H25N7O/c1-3-16-11-21-23-19(16)18-5-4-10-26(13-18)20(28)17-8-6-15(7-9-17)12-27-14(2)22-24-25-27/h6-9,11,18H,3-5,10,12-13H2,1-2H3,(H,21,23)/t18-/m1/s1. The van der Waals surface area contributed by atoms with E-state index >= 15 is 0 Å². The number of benzene rings is 1. The van der Waals surface area contributed by atoms with Crippen molar-refractivity contribution in [3.8, 4) is 0 Å². The number of aromatic amines is 1. The third-order valence-corrected chi connectivity index (χ3v) is 5.49. The molecule has 0 unspecified atom stereocenters. The van der Waals surface area contributed by atoms with E-state index in [1.165, 1.54) is 11.3 Å². The lowest BCUT2D eigenvalue weighted by atomic mass is 9.91. The molecule has 8 nitrogen and oxygen atoms in total. The maximum atomic E-state index is 13.0. The molecule has 146 valence electrons. The number of rotatable bonds is 5. The molecule has 1 aliphatic rings. The summed E-state index contributed by atoms with van der Waals surface area (Å²) in [6.07, 6.45) is 4.96. The second-order valence-corrected chi connectivity index (χ2v) is 7.33. The lowest BCUT2D eigenvalue weighted by molar-refractivity contribution is 0.0705. The first-order valence-corrected chi connectivity index (χ1v) is 9.78. The predicted octanol–water partition coefficient (Wildman–Crippen LogP) is 2.34. The summed E-state index contributed by atoms with van der Waals surface area (Å²) in [5, 5.41) is 18.9. The first kappa shape index (κ1) is 18.3. The molecule has 4 rings (SSSR count). The molecule has 1 N–H and O–H groups in total. The van der Waals surface area contributed by atoms with Crippen LogP contribution in [-0.2, 0) is 13.0 Å². The quantitative estimate of drug-likeness (QED) is 0.734. The summed E-state index contributed by atoms with van der Waals surface area (Å²) in [4.78, 5) is 15.0. The van der Waals surface area contributed by atoms with E-state index < -0.39 is 0 Å². The van der Waals surface area contributed by atoms with E-state index in [1.54, 1.807) is 4.68 Å². The molecule has 3 aromatic rings. The second kappa shape index (κ2) is 7.92. The summed E-state index contributed by atoms with van der Waals surface area (Å²) >= 11 is 0. The molecule has 0 aliphatic carbocycles. The van der Waals surface area contributed by atoms with E-state index in [1.807, 2.05) is 42.3 Å². The number of aryl methyl sites for hydroxylation is 2. The molecule has 0 bridgehead atoms. The minimum absolute atomic E-state index is 0.0902. The molecule has 0 saturated carbocycles. The van der Waals surface area contributed by atoms with Crippen LogP contribution < -0.4 is 0 Å². The number of amides is 1. The smallest absolute Gasteiger partial charge is 0.253 e. The summed E-state index contributed by atoms with van der Waals surface area (Å²) in [6, 6.07) is 7.74. The van der Waals surface area contributed by atoms with Gasteiger partial charge in [-0.3, -0.25) is 9.89 Å². The minimum Gasteiger partial charge on any atom is -0.338 e. The van der Waals surface area contributed by atoms with Gasteiger partial charge in [-0.2, -0.15) is 5.10 Å². The number of hydrogen-bond acceptors (Lipinski definition) is 5. The molecule has 1 amide bonds. The molecule has 1 fully saturated rings. The van der Waals surface area contributed by atoms with Crippen LogP contribution in [0.2, 0.25) is 0 Å². The Kier molecular flexibility index (Phi) is 5.18. The number of piperidine rings is 1. The van der Waals surface area contributed by atoms with Gasteiger partial charge in [0, 0.05) is 30.3 Å². The van der Waals surface area contributed by atoms with Gasteiger partial charge in [-0.25, -0.2) is 4.68 Å². The Labute approximate surface area is 163 Å². The molecular weight excluding hydrogens is 354 g/mol. The molecule has 1 atom stereocenters. The molecule has 2 aromatic heterocycles. The molecule has 28 heavy (non-hydrogen) atoms. The van der Waals surface area contributed by atoms with Crippen LogP contribution in [0.1, 0.15) is 58.7 Å². The Morgan fingerprint density at radius 1 is 1.29 bits per heavy atom. The van der Waals surface area contributed by atoms with Crippen molar-refractivity contribution in [1.29, 1.82) is 0 Å². The number of nitrogens with one attached hydrogen (secondary N) is 1. The van der Waals surface area contributed by atoms with Gasteiger partial charge in [0.05, 0.1) is 12.7 Å². The van der Waals surface area contributed by atoms with Crippen LogP contribution in [0.15, 0.2) is 30.5 Å². The van der Waals surface area contributed by atoms with Gasteiger partial charge in [-0.15, -0.1) is 5.10 Å². The average Bonchev–Trinajstić information content (AvgIpc) is 3.37. The SMILES string of the molecule is CCc1cn[nH]c1[C@@H]1CCCN(C(=O)c2ccc(Cn3nnnc3C)cc2)C1. The summed E-state index contributed by atoms with van der Waals surface area (Å²) in [7, 11) is 0. The summed E-state index contributed by atoms with van der Waals surface area (Å²) < 4.78 is 1.74. The zero-order valence-electron chi connectivity index (χ0n) is 16.3. The highest BCUT2D eigenvalue weighted by Crippen LogP contribution is 2.28. The van der Waals surface area contributed by atoms with E-state index in [2.05, 4.69) is 32.6 Å². The van der Waals surface area contributed by atoms with Gasteiger partial charge in [0.1, 0.15) is 5.82 Å². The molecular formula is C20H25N7O. The summed E-state index contributed by atoms with van der Waals surface area (Å²) in [5.74, 6) is 1.19. The zero-order chi connectivity index (χ0) is 19.5. The van der Waals surface area contributed by atoms with Crippen molar-refractivity contribution >= 4 is 5.91 Å². The maximum absolute atomic E-state index is 13.0. The van der Waals surface area contributed by atoms with Crippen LogP contribution in [0.5, 0.6) is 0 Å². The van der Waals surface area contributed by atoms with Gasteiger partial charge in [0.15, 0.2) is 0 Å². The summed E-state index contributed by atoms with van der Waals surface area (Å²) in [6.45, 7) is 6.14. The van der Waals surface area contributed by atoms with Crippen molar-refractivity contribution in [3.63, 3.8) is 0 Å². The van der Waals surface area contributed by atoms with Gasteiger partial charge >= 0.3 is 0 Å². The molecule has 1 saturated heterocycles. The molecule has 0 spiro atoms. The average molecular weight is 379 g/mol. The minimum atomic E-state index is 0.0902. The number of likely N-dealkylation sites (tertiary alicyclic amines) is 1. The van der Waals surface area contributed by atoms with E-state index in [9.17, 15) is 4.79 Å². The highest BCUT2D eigenvalue weighted by atomic mass is 16.2. The van der Waals surface area contributed by atoms with Crippen LogP contribution in [-0.4, -0.2) is 54.3 Å². The Morgan fingerprint density at radius 3 is 2.82 bits per heavy atom. The van der Waals surface area contributed by atoms with Crippen molar-refractivity contribution in [2.75, 3.05) is 13.1 Å². The third-order valence-electron chi connectivity index (χ3n) is 5.49. The van der Waals surface area contributed by atoms with Gasteiger partial charge in [0.2, 0.25) is 0 Å². The highest BCUT2D eigenvalue weighted by Gasteiger charge is 2.27. The number of H-pyrrole nitrogens is 1. The largest absolute Gasteiger partial charge is 0.338 e. The van der Waals surface area contributed by atoms with Gasteiger partial charge in [0.25, 0.3) is 5.91 Å². The normalized spacial score (nSPS) is 17.1. The van der Waals surface area contributed by atoms with E-state index in [4.69, 9.17) is 0 Å². The van der Waals surface area contributed by atoms with Crippen molar-refractivity contribution in [1.82, 2.24) is 35.3 Å². The first-order valence-electron chi connectivity index (χ1n) is 9.78. The Hall–Kier alpha value is -3.03. The number of hydrogen-bond donors (Lipinski definition) is 1. The van der Waals surface area contributed by atoms with Crippen molar-refractivity contribution in [2.24, 2.45) is 0 Å². The molecule has 1 aliphatic heterocycles. The van der Waals surface area contributed by atoms with Crippen molar-refractivity contribution < 1.29 is 4.79 Å². The number of carbonyl (C=O) groups excluding carboxylic acids is 1. The molecule has 8 heteroatoms. The highest BCUT2D eigenvalue weighted by molar-refractivity contribution is 5.94. The molecule has 3 heterocycles. The topological polar surface area (TPSA) is 92.6 Å². The Bertz CT molecular complexity index is 944. The van der Waals surface area contributed by atoms with Crippen molar-refractivity contribution in [3.05, 3.63) is 58.7 Å². The van der Waals surface area contributed by atoms with Crippen LogP contribution in [0.3, 0.4) is 0 Å².